The molecular formula is C14H21FN2O. The minimum Gasteiger partial charge on any atom is -0.352 e. The zero-order valence-corrected chi connectivity index (χ0v) is 11.2. The van der Waals surface area contributed by atoms with Crippen LogP contribution in [0, 0.1) is 11.7 Å². The van der Waals surface area contributed by atoms with Gasteiger partial charge in [-0.05, 0) is 18.9 Å². The van der Waals surface area contributed by atoms with Gasteiger partial charge in [-0.25, -0.2) is 4.39 Å². The molecule has 1 unspecified atom stereocenters. The zero-order valence-electron chi connectivity index (χ0n) is 11.2. The van der Waals surface area contributed by atoms with Crippen LogP contribution >= 0.6 is 0 Å². The zero-order chi connectivity index (χ0) is 13.5. The largest absolute Gasteiger partial charge is 0.352 e. The lowest BCUT2D eigenvalue weighted by Gasteiger charge is -2.17. The van der Waals surface area contributed by atoms with Crippen molar-refractivity contribution in [3.05, 3.63) is 35.6 Å². The SMILES string of the molecule is CC(C)C(C)NC(=O)CNCc1ccccc1F. The van der Waals surface area contributed by atoms with Crippen LogP contribution in [0.15, 0.2) is 24.3 Å². The van der Waals surface area contributed by atoms with Crippen LogP contribution in [0.4, 0.5) is 4.39 Å². The Morgan fingerprint density at radius 1 is 1.28 bits per heavy atom. The monoisotopic (exact) mass is 252 g/mol. The Morgan fingerprint density at radius 2 is 1.94 bits per heavy atom. The molecule has 0 aromatic heterocycles. The van der Waals surface area contributed by atoms with Gasteiger partial charge in [0.25, 0.3) is 0 Å². The number of benzene rings is 1. The van der Waals surface area contributed by atoms with Gasteiger partial charge in [0, 0.05) is 18.2 Å². The first kappa shape index (κ1) is 14.6. The van der Waals surface area contributed by atoms with E-state index in [9.17, 15) is 9.18 Å². The molecule has 0 bridgehead atoms. The smallest absolute Gasteiger partial charge is 0.234 e. The highest BCUT2D eigenvalue weighted by Crippen LogP contribution is 2.05. The molecule has 2 N–H and O–H groups in total. The first-order chi connectivity index (χ1) is 8.50. The second-order valence-corrected chi connectivity index (χ2v) is 4.80. The first-order valence-corrected chi connectivity index (χ1v) is 6.24. The van der Waals surface area contributed by atoms with Crippen molar-refractivity contribution in [2.24, 2.45) is 5.92 Å². The molecule has 0 fully saturated rings. The summed E-state index contributed by atoms with van der Waals surface area (Å²) in [4.78, 5) is 11.6. The number of carbonyl (C=O) groups excluding carboxylic acids is 1. The van der Waals surface area contributed by atoms with E-state index in [4.69, 9.17) is 0 Å². The van der Waals surface area contributed by atoms with Crippen molar-refractivity contribution in [1.82, 2.24) is 10.6 Å². The van der Waals surface area contributed by atoms with E-state index in [0.717, 1.165) is 0 Å². The molecule has 0 saturated heterocycles. The molecule has 18 heavy (non-hydrogen) atoms. The average Bonchev–Trinajstić information content (AvgIpc) is 2.31. The van der Waals surface area contributed by atoms with Gasteiger partial charge in [0.2, 0.25) is 5.91 Å². The summed E-state index contributed by atoms with van der Waals surface area (Å²) in [7, 11) is 0. The predicted octanol–water partition coefficient (Wildman–Crippen LogP) is 2.08. The van der Waals surface area contributed by atoms with Crippen molar-refractivity contribution in [1.29, 1.82) is 0 Å². The fraction of sp³-hybridized carbons (Fsp3) is 0.500. The topological polar surface area (TPSA) is 41.1 Å². The lowest BCUT2D eigenvalue weighted by atomic mass is 10.1. The van der Waals surface area contributed by atoms with Crippen molar-refractivity contribution in [2.75, 3.05) is 6.54 Å². The van der Waals surface area contributed by atoms with Crippen LogP contribution in [0.25, 0.3) is 0 Å². The molecule has 1 aromatic rings. The molecule has 0 aliphatic rings. The van der Waals surface area contributed by atoms with E-state index in [0.29, 0.717) is 18.0 Å². The lowest BCUT2D eigenvalue weighted by Crippen LogP contribution is -2.41. The molecule has 4 heteroatoms. The molecule has 1 rings (SSSR count). The molecule has 0 aliphatic heterocycles. The van der Waals surface area contributed by atoms with Crippen LogP contribution in [-0.2, 0) is 11.3 Å². The quantitative estimate of drug-likeness (QED) is 0.814. The minimum atomic E-state index is -0.249. The Hall–Kier alpha value is -1.42. The molecule has 1 amide bonds. The van der Waals surface area contributed by atoms with E-state index in [2.05, 4.69) is 24.5 Å². The number of hydrogen-bond donors (Lipinski definition) is 2. The molecule has 0 aliphatic carbocycles. The highest BCUT2D eigenvalue weighted by molar-refractivity contribution is 5.78. The van der Waals surface area contributed by atoms with Gasteiger partial charge in [-0.2, -0.15) is 0 Å². The van der Waals surface area contributed by atoms with Gasteiger partial charge in [-0.3, -0.25) is 4.79 Å². The number of amides is 1. The summed E-state index contributed by atoms with van der Waals surface area (Å²) in [6.07, 6.45) is 0. The second-order valence-electron chi connectivity index (χ2n) is 4.80. The van der Waals surface area contributed by atoms with Crippen molar-refractivity contribution < 1.29 is 9.18 Å². The highest BCUT2D eigenvalue weighted by Gasteiger charge is 2.10. The number of hydrogen-bond acceptors (Lipinski definition) is 2. The number of halogens is 1. The van der Waals surface area contributed by atoms with Gasteiger partial charge >= 0.3 is 0 Å². The molecule has 0 spiro atoms. The normalized spacial score (nSPS) is 12.5. The maximum atomic E-state index is 13.3. The summed E-state index contributed by atoms with van der Waals surface area (Å²) in [5, 5.41) is 5.82. The molecule has 0 heterocycles. The van der Waals surface area contributed by atoms with Crippen LogP contribution < -0.4 is 10.6 Å². The van der Waals surface area contributed by atoms with E-state index in [1.807, 2.05) is 6.92 Å². The fourth-order valence-corrected chi connectivity index (χ4v) is 1.42. The van der Waals surface area contributed by atoms with Crippen LogP contribution in [0.1, 0.15) is 26.3 Å². The molecule has 3 nitrogen and oxygen atoms in total. The summed E-state index contributed by atoms with van der Waals surface area (Å²) < 4.78 is 13.3. The standard InChI is InChI=1S/C14H21FN2O/c1-10(2)11(3)17-14(18)9-16-8-12-6-4-5-7-13(12)15/h4-7,10-11,16H,8-9H2,1-3H3,(H,17,18). The first-order valence-electron chi connectivity index (χ1n) is 6.24. The summed E-state index contributed by atoms with van der Waals surface area (Å²) >= 11 is 0. The van der Waals surface area contributed by atoms with Gasteiger partial charge in [-0.15, -0.1) is 0 Å². The van der Waals surface area contributed by atoms with E-state index >= 15 is 0 Å². The van der Waals surface area contributed by atoms with Gasteiger partial charge in [0.1, 0.15) is 5.82 Å². The number of nitrogens with one attached hydrogen (secondary N) is 2. The van der Waals surface area contributed by atoms with Crippen molar-refractivity contribution >= 4 is 5.91 Å². The average molecular weight is 252 g/mol. The lowest BCUT2D eigenvalue weighted by molar-refractivity contribution is -0.121. The Bertz CT molecular complexity index is 393. The van der Waals surface area contributed by atoms with E-state index in [1.165, 1.54) is 6.07 Å². The minimum absolute atomic E-state index is 0.0625. The molecule has 1 aromatic carbocycles. The third-order valence-electron chi connectivity index (χ3n) is 2.95. The fourth-order valence-electron chi connectivity index (χ4n) is 1.42. The van der Waals surface area contributed by atoms with Crippen molar-refractivity contribution in [3.8, 4) is 0 Å². The Labute approximate surface area is 108 Å². The van der Waals surface area contributed by atoms with Gasteiger partial charge in [-0.1, -0.05) is 32.0 Å². The van der Waals surface area contributed by atoms with E-state index in [-0.39, 0.29) is 24.3 Å². The molecule has 0 radical (unpaired) electrons. The molecule has 100 valence electrons. The van der Waals surface area contributed by atoms with Crippen LogP contribution in [-0.4, -0.2) is 18.5 Å². The van der Waals surface area contributed by atoms with Crippen molar-refractivity contribution in [2.45, 2.75) is 33.4 Å². The van der Waals surface area contributed by atoms with Crippen LogP contribution in [0.5, 0.6) is 0 Å². The second kappa shape index (κ2) is 7.11. The highest BCUT2D eigenvalue weighted by atomic mass is 19.1. The summed E-state index contributed by atoms with van der Waals surface area (Å²) in [5.74, 6) is 0.0917. The van der Waals surface area contributed by atoms with Gasteiger partial charge < -0.3 is 10.6 Å². The molecular weight excluding hydrogens is 231 g/mol. The summed E-state index contributed by atoms with van der Waals surface area (Å²) in [6.45, 7) is 6.64. The maximum Gasteiger partial charge on any atom is 0.234 e. The van der Waals surface area contributed by atoms with E-state index < -0.39 is 0 Å². The van der Waals surface area contributed by atoms with Crippen molar-refractivity contribution in [3.63, 3.8) is 0 Å². The molecule has 0 saturated carbocycles. The predicted molar refractivity (Wildman–Crippen MR) is 70.5 cm³/mol. The molecule has 1 atom stereocenters. The Morgan fingerprint density at radius 3 is 2.56 bits per heavy atom. The van der Waals surface area contributed by atoms with Gasteiger partial charge in [0.15, 0.2) is 0 Å². The summed E-state index contributed by atoms with van der Waals surface area (Å²) in [5.41, 5.74) is 0.571. The maximum absolute atomic E-state index is 13.3. The number of carbonyl (C=O) groups is 1. The third-order valence-corrected chi connectivity index (χ3v) is 2.95. The van der Waals surface area contributed by atoms with Crippen LogP contribution in [0.2, 0.25) is 0 Å². The third kappa shape index (κ3) is 4.84. The Kier molecular flexibility index (Phi) is 5.78. The van der Waals surface area contributed by atoms with Gasteiger partial charge in [0.05, 0.1) is 6.54 Å². The van der Waals surface area contributed by atoms with Crippen LogP contribution in [0.3, 0.4) is 0 Å². The summed E-state index contributed by atoms with van der Waals surface area (Å²) in [6, 6.07) is 6.69. The number of rotatable bonds is 6. The van der Waals surface area contributed by atoms with E-state index in [1.54, 1.807) is 18.2 Å². The Balaban J connectivity index is 2.30.